The molecule has 208 valence electrons. The van der Waals surface area contributed by atoms with Crippen molar-refractivity contribution in [2.24, 2.45) is 0 Å². The molecule has 2 aromatic rings. The van der Waals surface area contributed by atoms with Gasteiger partial charge in [-0.3, -0.25) is 14.5 Å². The van der Waals surface area contributed by atoms with Crippen LogP contribution >= 0.6 is 0 Å². The van der Waals surface area contributed by atoms with E-state index in [1.807, 2.05) is 13.8 Å². The van der Waals surface area contributed by atoms with Crippen LogP contribution in [-0.2, 0) is 14.3 Å². The number of carbonyl (C=O) groups excluding carboxylic acids is 2. The number of amides is 1. The summed E-state index contributed by atoms with van der Waals surface area (Å²) in [5.41, 5.74) is 1.07. The smallest absolute Gasteiger partial charge is 0.295 e. The monoisotopic (exact) mass is 536 g/mol. The van der Waals surface area contributed by atoms with Crippen LogP contribution in [0.1, 0.15) is 31.0 Å². The molecule has 2 aliphatic heterocycles. The highest BCUT2D eigenvalue weighted by Crippen LogP contribution is 2.42. The molecule has 2 heterocycles. The van der Waals surface area contributed by atoms with Crippen molar-refractivity contribution in [3.8, 4) is 17.2 Å². The van der Waals surface area contributed by atoms with Crippen LogP contribution in [0, 0.1) is 0 Å². The number of rotatable bonds is 11. The van der Waals surface area contributed by atoms with Gasteiger partial charge in [-0.15, -0.1) is 0 Å². The van der Waals surface area contributed by atoms with Crippen LogP contribution < -0.4 is 14.2 Å². The predicted molar refractivity (Wildman–Crippen MR) is 147 cm³/mol. The van der Waals surface area contributed by atoms with E-state index in [1.165, 1.54) is 12.0 Å². The summed E-state index contributed by atoms with van der Waals surface area (Å²) in [7, 11) is 1.52. The summed E-state index contributed by atoms with van der Waals surface area (Å²) >= 11 is 0. The van der Waals surface area contributed by atoms with E-state index in [1.54, 1.807) is 48.5 Å². The largest absolute Gasteiger partial charge is 0.507 e. The zero-order valence-electron chi connectivity index (χ0n) is 22.7. The molecule has 0 radical (unpaired) electrons. The number of hydrogen-bond donors (Lipinski definition) is 1. The first-order chi connectivity index (χ1) is 18.8. The van der Waals surface area contributed by atoms with Gasteiger partial charge in [-0.25, -0.2) is 0 Å². The summed E-state index contributed by atoms with van der Waals surface area (Å²) in [4.78, 5) is 30.5. The van der Waals surface area contributed by atoms with Gasteiger partial charge in [-0.2, -0.15) is 0 Å². The summed E-state index contributed by atoms with van der Waals surface area (Å²) in [5, 5.41) is 11.4. The molecule has 2 fully saturated rings. The number of ether oxygens (including phenoxy) is 4. The number of aliphatic hydroxyl groups excluding tert-OH is 1. The predicted octanol–water partition coefficient (Wildman–Crippen LogP) is 3.80. The van der Waals surface area contributed by atoms with E-state index in [0.29, 0.717) is 61.3 Å². The van der Waals surface area contributed by atoms with Gasteiger partial charge in [0.1, 0.15) is 18.1 Å². The maximum absolute atomic E-state index is 13.4. The number of Topliss-reactive ketones (excluding diaryl/α,β-unsaturated/α-hetero) is 1. The van der Waals surface area contributed by atoms with Crippen LogP contribution in [-0.4, -0.2) is 85.8 Å². The lowest BCUT2D eigenvalue weighted by atomic mass is 9.95. The number of nitrogens with zero attached hydrogens (tertiary/aromatic N) is 2. The Morgan fingerprint density at radius 3 is 2.46 bits per heavy atom. The Kier molecular flexibility index (Phi) is 9.27. The molecule has 4 rings (SSSR count). The van der Waals surface area contributed by atoms with Crippen molar-refractivity contribution in [1.29, 1.82) is 0 Å². The maximum Gasteiger partial charge on any atom is 0.295 e. The Bertz CT molecular complexity index is 1220. The van der Waals surface area contributed by atoms with Gasteiger partial charge in [0.15, 0.2) is 11.5 Å². The number of carbonyl (C=O) groups is 2. The number of aliphatic hydroxyl groups is 1. The van der Waals surface area contributed by atoms with Gasteiger partial charge in [-0.05, 0) is 55.8 Å². The van der Waals surface area contributed by atoms with Crippen molar-refractivity contribution in [3.63, 3.8) is 0 Å². The van der Waals surface area contributed by atoms with Crippen LogP contribution in [0.4, 0.5) is 0 Å². The first-order valence-electron chi connectivity index (χ1n) is 13.1. The second-order valence-corrected chi connectivity index (χ2v) is 9.65. The van der Waals surface area contributed by atoms with Gasteiger partial charge in [0.2, 0.25) is 0 Å². The summed E-state index contributed by atoms with van der Waals surface area (Å²) in [5.74, 6) is -0.0258. The third-order valence-corrected chi connectivity index (χ3v) is 6.66. The third-order valence-electron chi connectivity index (χ3n) is 6.66. The second-order valence-electron chi connectivity index (χ2n) is 9.65. The lowest BCUT2D eigenvalue weighted by molar-refractivity contribution is -0.140. The Labute approximate surface area is 229 Å². The zero-order chi connectivity index (χ0) is 27.9. The molecule has 1 atom stereocenters. The minimum absolute atomic E-state index is 0.00495. The van der Waals surface area contributed by atoms with Crippen molar-refractivity contribution >= 4 is 17.4 Å². The quantitative estimate of drug-likeness (QED) is 0.201. The van der Waals surface area contributed by atoms with E-state index >= 15 is 0 Å². The Morgan fingerprint density at radius 2 is 1.82 bits per heavy atom. The number of ketones is 1. The van der Waals surface area contributed by atoms with Crippen molar-refractivity contribution in [1.82, 2.24) is 9.80 Å². The normalized spacial score (nSPS) is 19.4. The van der Waals surface area contributed by atoms with Crippen LogP contribution in [0.2, 0.25) is 0 Å². The highest BCUT2D eigenvalue weighted by molar-refractivity contribution is 6.46. The van der Waals surface area contributed by atoms with Crippen molar-refractivity contribution in [2.45, 2.75) is 26.0 Å². The van der Waals surface area contributed by atoms with Gasteiger partial charge in [-0.1, -0.05) is 18.7 Å². The molecule has 0 spiro atoms. The fraction of sp³-hybridized carbons (Fsp3) is 0.400. The molecule has 0 saturated carbocycles. The number of hydrogen-bond acceptors (Lipinski definition) is 8. The summed E-state index contributed by atoms with van der Waals surface area (Å²) in [6.07, 6.45) is 1.63. The molecule has 39 heavy (non-hydrogen) atoms. The third kappa shape index (κ3) is 6.43. The summed E-state index contributed by atoms with van der Waals surface area (Å²) < 4.78 is 22.4. The van der Waals surface area contributed by atoms with Crippen molar-refractivity contribution in [3.05, 3.63) is 71.8 Å². The molecule has 2 aliphatic rings. The van der Waals surface area contributed by atoms with Crippen LogP contribution in [0.5, 0.6) is 17.2 Å². The molecular weight excluding hydrogens is 500 g/mol. The van der Waals surface area contributed by atoms with Gasteiger partial charge < -0.3 is 29.0 Å². The lowest BCUT2D eigenvalue weighted by Crippen LogP contribution is -2.42. The Morgan fingerprint density at radius 1 is 1.10 bits per heavy atom. The summed E-state index contributed by atoms with van der Waals surface area (Å²) in [6.45, 7) is 11.5. The highest BCUT2D eigenvalue weighted by Gasteiger charge is 2.46. The first kappa shape index (κ1) is 28.2. The molecule has 9 heteroatoms. The highest BCUT2D eigenvalue weighted by atomic mass is 16.5. The van der Waals surface area contributed by atoms with E-state index < -0.39 is 17.7 Å². The number of likely N-dealkylation sites (tertiary alicyclic amines) is 1. The molecule has 1 amide bonds. The lowest BCUT2D eigenvalue weighted by Gasteiger charge is -2.31. The molecule has 1 unspecified atom stereocenters. The standard InChI is InChI=1S/C30H36N2O7/c1-5-16-38-24-11-8-22(19-25(24)36-4)27-26(28(33)21-6-9-23(10-7-21)39-20(2)3)29(34)30(35)32(27)13-12-31-14-17-37-18-15-31/h5-11,19-20,27,33H,1,12-18H2,2-4H3/b28-26+. The fourth-order valence-corrected chi connectivity index (χ4v) is 4.77. The molecule has 1 N–H and O–H groups in total. The van der Waals surface area contributed by atoms with Gasteiger partial charge >= 0.3 is 0 Å². The van der Waals surface area contributed by atoms with Gasteiger partial charge in [0.25, 0.3) is 11.7 Å². The van der Waals surface area contributed by atoms with Crippen molar-refractivity contribution in [2.75, 3.05) is 53.1 Å². The van der Waals surface area contributed by atoms with E-state index in [4.69, 9.17) is 18.9 Å². The van der Waals surface area contributed by atoms with Crippen LogP contribution in [0.15, 0.2) is 60.7 Å². The number of benzene rings is 2. The van der Waals surface area contributed by atoms with Crippen molar-refractivity contribution < 1.29 is 33.6 Å². The average Bonchev–Trinajstić information content (AvgIpc) is 3.20. The SMILES string of the molecule is C=CCOc1ccc(C2/C(=C(\O)c3ccc(OC(C)C)cc3)C(=O)C(=O)N2CCN2CCOCC2)cc1OC. The topological polar surface area (TPSA) is 97.8 Å². The first-order valence-corrected chi connectivity index (χ1v) is 13.1. The van der Waals surface area contributed by atoms with E-state index in [-0.39, 0.29) is 17.4 Å². The van der Waals surface area contributed by atoms with Crippen LogP contribution in [0.25, 0.3) is 5.76 Å². The van der Waals surface area contributed by atoms with E-state index in [0.717, 1.165) is 13.1 Å². The molecule has 2 aromatic carbocycles. The molecular formula is C30H36N2O7. The molecule has 0 bridgehead atoms. The molecule has 9 nitrogen and oxygen atoms in total. The van der Waals surface area contributed by atoms with Gasteiger partial charge in [0, 0.05) is 31.7 Å². The maximum atomic E-state index is 13.4. The second kappa shape index (κ2) is 12.8. The molecule has 0 aromatic heterocycles. The Balaban J connectivity index is 1.74. The van der Waals surface area contributed by atoms with E-state index in [9.17, 15) is 14.7 Å². The molecule has 2 saturated heterocycles. The molecule has 0 aliphatic carbocycles. The van der Waals surface area contributed by atoms with Gasteiger partial charge in [0.05, 0.1) is 38.0 Å². The van der Waals surface area contributed by atoms with Crippen LogP contribution in [0.3, 0.4) is 0 Å². The average molecular weight is 537 g/mol. The minimum atomic E-state index is -0.806. The minimum Gasteiger partial charge on any atom is -0.507 e. The number of morpholine rings is 1. The number of methoxy groups -OCH3 is 1. The zero-order valence-corrected chi connectivity index (χ0v) is 22.7. The fourth-order valence-electron chi connectivity index (χ4n) is 4.77. The van der Waals surface area contributed by atoms with E-state index in [2.05, 4.69) is 11.5 Å². The summed E-state index contributed by atoms with van der Waals surface area (Å²) in [6, 6.07) is 11.3. The Hall–Kier alpha value is -3.82.